The Hall–Kier alpha value is -2.68. The molecule has 0 radical (unpaired) electrons. The molecule has 8 nitrogen and oxygen atoms in total. The van der Waals surface area contributed by atoms with Crippen LogP contribution in [-0.4, -0.2) is 71.3 Å². The molecule has 4 heterocycles. The number of nitrogens with zero attached hydrogens (tertiary/aromatic N) is 2. The number of aliphatic hydroxyl groups excluding tert-OH is 1. The first kappa shape index (κ1) is 24.0. The Kier molecular flexibility index (Phi) is 6.23. The van der Waals surface area contributed by atoms with Crippen LogP contribution in [0.3, 0.4) is 0 Å². The van der Waals surface area contributed by atoms with E-state index in [-0.39, 0.29) is 38.1 Å². The van der Waals surface area contributed by atoms with Gasteiger partial charge in [0.25, 0.3) is 5.91 Å². The molecule has 0 bridgehead atoms. The number of likely N-dealkylation sites (tertiary alicyclic amines) is 1. The Balaban J connectivity index is 1.65. The fraction of sp³-hybridized carbons (Fsp3) is 0.500. The Labute approximate surface area is 209 Å². The molecule has 5 rings (SSSR count). The molecule has 4 aliphatic heterocycles. The molecule has 1 aromatic carbocycles. The minimum atomic E-state index is -1.36. The lowest BCUT2D eigenvalue weighted by Gasteiger charge is -2.37. The molecule has 1 aromatic rings. The number of halogens is 1. The van der Waals surface area contributed by atoms with Crippen molar-refractivity contribution in [2.24, 2.45) is 11.8 Å². The summed E-state index contributed by atoms with van der Waals surface area (Å²) in [6, 6.07) is 6.02. The monoisotopic (exact) mass is 500 g/mol. The largest absolute Gasteiger partial charge is 0.465 e. The summed E-state index contributed by atoms with van der Waals surface area (Å²) in [6.45, 7) is 2.30. The molecule has 186 valence electrons. The van der Waals surface area contributed by atoms with Crippen LogP contribution in [0.1, 0.15) is 26.2 Å². The lowest BCUT2D eigenvalue weighted by atomic mass is 9.74. The number of ether oxygens (including phenoxy) is 2. The first-order valence-electron chi connectivity index (χ1n) is 12.0. The standard InChI is InChI=1S/C26H29ClN2O6/c1-25-11-5-2-6-16-34-24(33)20(25)19-22(31)29(14-8-15-30)21-23(32)28(13-7-12-26(19,21)35-25)18-10-4-3-9-17(18)27/h3-5,7,9-12,19-21,30H,2,6,8,13-16H2,1H3/b11-5-/t19-,20-,21?,25+,26-/m0/s1. The first-order chi connectivity index (χ1) is 16.8. The number of cyclic esters (lactones) is 1. The van der Waals surface area contributed by atoms with Gasteiger partial charge in [-0.25, -0.2) is 0 Å². The molecule has 35 heavy (non-hydrogen) atoms. The number of amides is 2. The number of benzene rings is 1. The summed E-state index contributed by atoms with van der Waals surface area (Å²) in [5, 5.41) is 9.90. The highest BCUT2D eigenvalue weighted by Gasteiger charge is 2.74. The molecule has 1 N–H and O–H groups in total. The van der Waals surface area contributed by atoms with E-state index in [1.807, 2.05) is 12.2 Å². The number of para-hydroxylation sites is 1. The second-order valence-corrected chi connectivity index (χ2v) is 10.0. The van der Waals surface area contributed by atoms with Gasteiger partial charge in [-0.1, -0.05) is 48.0 Å². The molecule has 5 atom stereocenters. The van der Waals surface area contributed by atoms with E-state index in [0.29, 0.717) is 30.0 Å². The average molecular weight is 501 g/mol. The van der Waals surface area contributed by atoms with Crippen LogP contribution in [0.4, 0.5) is 5.69 Å². The number of aliphatic hydroxyl groups is 1. The van der Waals surface area contributed by atoms with E-state index in [2.05, 4.69) is 0 Å². The van der Waals surface area contributed by atoms with E-state index in [9.17, 15) is 19.5 Å². The van der Waals surface area contributed by atoms with Crippen molar-refractivity contribution >= 4 is 35.1 Å². The highest BCUT2D eigenvalue weighted by molar-refractivity contribution is 6.34. The van der Waals surface area contributed by atoms with Crippen LogP contribution < -0.4 is 4.90 Å². The Morgan fingerprint density at radius 2 is 1.91 bits per heavy atom. The van der Waals surface area contributed by atoms with Gasteiger partial charge >= 0.3 is 5.97 Å². The summed E-state index contributed by atoms with van der Waals surface area (Å²) in [5.41, 5.74) is -1.95. The van der Waals surface area contributed by atoms with E-state index in [1.165, 1.54) is 4.90 Å². The summed E-state index contributed by atoms with van der Waals surface area (Å²) >= 11 is 6.44. The maximum absolute atomic E-state index is 14.2. The van der Waals surface area contributed by atoms with E-state index in [4.69, 9.17) is 21.1 Å². The van der Waals surface area contributed by atoms with Crippen molar-refractivity contribution < 1.29 is 29.0 Å². The van der Waals surface area contributed by atoms with Gasteiger partial charge in [-0.2, -0.15) is 0 Å². The Morgan fingerprint density at radius 1 is 1.11 bits per heavy atom. The smallest absolute Gasteiger partial charge is 0.313 e. The molecule has 9 heteroatoms. The number of allylic oxidation sites excluding steroid dienone is 1. The van der Waals surface area contributed by atoms with Crippen molar-refractivity contribution in [2.75, 3.05) is 31.2 Å². The highest BCUT2D eigenvalue weighted by atomic mass is 35.5. The second kappa shape index (κ2) is 9.08. The fourth-order valence-corrected chi connectivity index (χ4v) is 6.24. The third-order valence-electron chi connectivity index (χ3n) is 7.45. The zero-order chi connectivity index (χ0) is 24.8. The summed E-state index contributed by atoms with van der Waals surface area (Å²) < 4.78 is 12.2. The highest BCUT2D eigenvalue weighted by Crippen LogP contribution is 2.57. The Bertz CT molecular complexity index is 1110. The zero-order valence-corrected chi connectivity index (χ0v) is 20.3. The van der Waals surface area contributed by atoms with Gasteiger partial charge in [0.05, 0.1) is 28.8 Å². The molecule has 2 saturated heterocycles. The van der Waals surface area contributed by atoms with Crippen LogP contribution in [-0.2, 0) is 23.9 Å². The van der Waals surface area contributed by atoms with Crippen molar-refractivity contribution in [1.82, 2.24) is 4.90 Å². The van der Waals surface area contributed by atoms with Gasteiger partial charge in [-0.3, -0.25) is 14.4 Å². The minimum Gasteiger partial charge on any atom is -0.465 e. The molecule has 2 fully saturated rings. The molecule has 0 aliphatic carbocycles. The number of hydrogen-bond acceptors (Lipinski definition) is 6. The van der Waals surface area contributed by atoms with Crippen LogP contribution in [0, 0.1) is 11.8 Å². The summed E-state index contributed by atoms with van der Waals surface area (Å²) in [7, 11) is 0. The minimum absolute atomic E-state index is 0.140. The quantitative estimate of drug-likeness (QED) is 0.504. The van der Waals surface area contributed by atoms with Crippen molar-refractivity contribution in [3.8, 4) is 0 Å². The number of fused-ring (bicyclic) bond motifs is 2. The lowest BCUT2D eigenvalue weighted by molar-refractivity contribution is -0.158. The number of rotatable bonds is 4. The predicted octanol–water partition coefficient (Wildman–Crippen LogP) is 2.49. The van der Waals surface area contributed by atoms with Crippen LogP contribution >= 0.6 is 11.6 Å². The topological polar surface area (TPSA) is 96.4 Å². The molecule has 4 aliphatic rings. The van der Waals surface area contributed by atoms with E-state index < -0.39 is 35.0 Å². The Morgan fingerprint density at radius 3 is 2.69 bits per heavy atom. The lowest BCUT2D eigenvalue weighted by Crippen LogP contribution is -2.56. The fourth-order valence-electron chi connectivity index (χ4n) is 6.00. The van der Waals surface area contributed by atoms with Crippen molar-refractivity contribution in [1.29, 1.82) is 0 Å². The first-order valence-corrected chi connectivity index (χ1v) is 12.4. The third-order valence-corrected chi connectivity index (χ3v) is 7.77. The van der Waals surface area contributed by atoms with Gasteiger partial charge in [-0.05, 0) is 38.3 Å². The number of esters is 1. The molecular weight excluding hydrogens is 472 g/mol. The van der Waals surface area contributed by atoms with E-state index in [0.717, 1.165) is 0 Å². The zero-order valence-electron chi connectivity index (χ0n) is 19.6. The van der Waals surface area contributed by atoms with Gasteiger partial charge < -0.3 is 24.4 Å². The number of carbonyl (C=O) groups excluding carboxylic acids is 3. The van der Waals surface area contributed by atoms with Gasteiger partial charge in [0.1, 0.15) is 17.6 Å². The number of carbonyl (C=O) groups is 3. The average Bonchev–Trinajstić information content (AvgIpc) is 3.17. The van der Waals surface area contributed by atoms with Gasteiger partial charge in [0.2, 0.25) is 5.91 Å². The second-order valence-electron chi connectivity index (χ2n) is 9.62. The van der Waals surface area contributed by atoms with Crippen molar-refractivity contribution in [3.05, 3.63) is 53.6 Å². The van der Waals surface area contributed by atoms with Gasteiger partial charge in [0.15, 0.2) is 0 Å². The van der Waals surface area contributed by atoms with Crippen molar-refractivity contribution in [3.63, 3.8) is 0 Å². The predicted molar refractivity (Wildman–Crippen MR) is 129 cm³/mol. The summed E-state index contributed by atoms with van der Waals surface area (Å²) in [4.78, 5) is 44.4. The van der Waals surface area contributed by atoms with E-state index >= 15 is 0 Å². The van der Waals surface area contributed by atoms with E-state index in [1.54, 1.807) is 48.2 Å². The molecule has 2 amide bonds. The molecule has 0 aromatic heterocycles. The van der Waals surface area contributed by atoms with Crippen LogP contribution in [0.2, 0.25) is 5.02 Å². The molecule has 1 unspecified atom stereocenters. The van der Waals surface area contributed by atoms with Gasteiger partial charge in [0, 0.05) is 19.7 Å². The normalized spacial score (nSPS) is 35.4. The number of anilines is 1. The molecule has 1 spiro atoms. The SMILES string of the molecule is C[C@@]12/C=C\CCCOC(=O)[C@@H]1[C@H]1C(=O)N(CCCO)C3C(=O)N(c4ccccc4Cl)CC=C[C@@]31O2. The van der Waals surface area contributed by atoms with Crippen molar-refractivity contribution in [2.45, 2.75) is 43.4 Å². The van der Waals surface area contributed by atoms with Crippen LogP contribution in [0.25, 0.3) is 0 Å². The summed E-state index contributed by atoms with van der Waals surface area (Å²) in [6.07, 6.45) is 9.07. The van der Waals surface area contributed by atoms with Gasteiger partial charge in [-0.15, -0.1) is 0 Å². The third kappa shape index (κ3) is 3.70. The molecule has 0 saturated carbocycles. The summed E-state index contributed by atoms with van der Waals surface area (Å²) in [5.74, 6) is -3.02. The maximum atomic E-state index is 14.2. The maximum Gasteiger partial charge on any atom is 0.313 e. The molecular formula is C26H29ClN2O6. The van der Waals surface area contributed by atoms with Crippen LogP contribution in [0.5, 0.6) is 0 Å². The number of hydrogen-bond donors (Lipinski definition) is 1. The van der Waals surface area contributed by atoms with Crippen LogP contribution in [0.15, 0.2) is 48.6 Å².